The smallest absolute Gasteiger partial charge is 0.310 e. The third-order valence-corrected chi connectivity index (χ3v) is 3.55. The lowest BCUT2D eigenvalue weighted by atomic mass is 10.1. The third-order valence-electron chi connectivity index (χ3n) is 3.55. The average Bonchev–Trinajstić information content (AvgIpc) is 3.39. The summed E-state index contributed by atoms with van der Waals surface area (Å²) in [5, 5.41) is 2.62. The number of carbonyl (C=O) groups excluding carboxylic acids is 2. The molecule has 0 saturated heterocycles. The van der Waals surface area contributed by atoms with Gasteiger partial charge >= 0.3 is 6.18 Å². The molecule has 1 saturated carbocycles. The number of aromatic nitrogens is 2. The zero-order chi connectivity index (χ0) is 17.3. The minimum Gasteiger partial charge on any atom is -0.310 e. The van der Waals surface area contributed by atoms with E-state index in [9.17, 15) is 22.8 Å². The predicted octanol–water partition coefficient (Wildman–Crippen LogP) is 3.32. The molecule has 124 valence electrons. The summed E-state index contributed by atoms with van der Waals surface area (Å²) in [6.45, 7) is 0. The Morgan fingerprint density at radius 2 is 1.96 bits per heavy atom. The maximum atomic E-state index is 12.6. The normalized spacial score (nSPS) is 14.3. The fourth-order valence-corrected chi connectivity index (χ4v) is 2.15. The number of rotatable bonds is 4. The van der Waals surface area contributed by atoms with Crippen molar-refractivity contribution >= 4 is 18.0 Å². The Kier molecular flexibility index (Phi) is 4.04. The summed E-state index contributed by atoms with van der Waals surface area (Å²) in [5.74, 6) is -0.0312. The zero-order valence-corrected chi connectivity index (χ0v) is 12.3. The molecule has 5 nitrogen and oxygen atoms in total. The molecule has 2 heterocycles. The first-order valence-corrected chi connectivity index (χ1v) is 7.18. The lowest BCUT2D eigenvalue weighted by Gasteiger charge is -2.09. The zero-order valence-electron chi connectivity index (χ0n) is 12.3. The SMILES string of the molecule is O=Cc1cc(-c2ccc(C(F)(F)F)nc2)cc(NC(=O)C2CC2)n1. The minimum absolute atomic E-state index is 0.0390. The highest BCUT2D eigenvalue weighted by molar-refractivity contribution is 5.94. The number of nitrogens with zero attached hydrogens (tertiary/aromatic N) is 2. The van der Waals surface area contributed by atoms with E-state index in [0.29, 0.717) is 17.4 Å². The van der Waals surface area contributed by atoms with Crippen LogP contribution in [0, 0.1) is 5.92 Å². The molecule has 0 bridgehead atoms. The summed E-state index contributed by atoms with van der Waals surface area (Å²) in [6, 6.07) is 5.03. The van der Waals surface area contributed by atoms with Crippen LogP contribution in [0.4, 0.5) is 19.0 Å². The van der Waals surface area contributed by atoms with Gasteiger partial charge in [-0.3, -0.25) is 14.6 Å². The Balaban J connectivity index is 1.91. The van der Waals surface area contributed by atoms with Crippen molar-refractivity contribution < 1.29 is 22.8 Å². The summed E-state index contributed by atoms with van der Waals surface area (Å²) >= 11 is 0. The number of aldehydes is 1. The Labute approximate surface area is 134 Å². The van der Waals surface area contributed by atoms with E-state index in [1.807, 2.05) is 0 Å². The van der Waals surface area contributed by atoms with Gasteiger partial charge < -0.3 is 5.32 Å². The number of hydrogen-bond acceptors (Lipinski definition) is 4. The van der Waals surface area contributed by atoms with E-state index in [-0.39, 0.29) is 23.3 Å². The fourth-order valence-electron chi connectivity index (χ4n) is 2.15. The van der Waals surface area contributed by atoms with Gasteiger partial charge in [0.25, 0.3) is 0 Å². The number of anilines is 1. The standard InChI is InChI=1S/C16H12F3N3O2/c17-16(18,19)13-4-3-10(7-20-13)11-5-12(8-23)21-14(6-11)22-15(24)9-1-2-9/h3-9H,1-2H2,(H,21,22,24). The van der Waals surface area contributed by atoms with Gasteiger partial charge in [-0.1, -0.05) is 6.07 Å². The van der Waals surface area contributed by atoms with Gasteiger partial charge in [0, 0.05) is 17.7 Å². The fraction of sp³-hybridized carbons (Fsp3) is 0.250. The number of pyridine rings is 2. The van der Waals surface area contributed by atoms with Crippen LogP contribution in [0.1, 0.15) is 29.0 Å². The van der Waals surface area contributed by atoms with E-state index in [2.05, 4.69) is 15.3 Å². The number of hydrogen-bond donors (Lipinski definition) is 1. The molecule has 0 unspecified atom stereocenters. The van der Waals surface area contributed by atoms with Crippen molar-refractivity contribution in [1.82, 2.24) is 9.97 Å². The summed E-state index contributed by atoms with van der Waals surface area (Å²) in [4.78, 5) is 30.2. The van der Waals surface area contributed by atoms with Crippen molar-refractivity contribution in [3.8, 4) is 11.1 Å². The molecule has 1 aliphatic carbocycles. The molecule has 1 aliphatic rings. The van der Waals surface area contributed by atoms with Crippen LogP contribution >= 0.6 is 0 Å². The third kappa shape index (κ3) is 3.58. The highest BCUT2D eigenvalue weighted by atomic mass is 19.4. The highest BCUT2D eigenvalue weighted by Gasteiger charge is 2.32. The Morgan fingerprint density at radius 3 is 2.50 bits per heavy atom. The molecule has 0 aliphatic heterocycles. The van der Waals surface area contributed by atoms with Crippen molar-refractivity contribution in [2.24, 2.45) is 5.92 Å². The van der Waals surface area contributed by atoms with Crippen molar-refractivity contribution in [1.29, 1.82) is 0 Å². The first-order chi connectivity index (χ1) is 11.4. The van der Waals surface area contributed by atoms with Gasteiger partial charge in [-0.15, -0.1) is 0 Å². The van der Waals surface area contributed by atoms with E-state index in [4.69, 9.17) is 0 Å². The van der Waals surface area contributed by atoms with E-state index in [1.54, 1.807) is 0 Å². The van der Waals surface area contributed by atoms with Gasteiger partial charge in [0.2, 0.25) is 5.91 Å². The molecule has 2 aromatic heterocycles. The molecule has 3 rings (SSSR count). The predicted molar refractivity (Wildman–Crippen MR) is 79.2 cm³/mol. The summed E-state index contributed by atoms with van der Waals surface area (Å²) in [5.41, 5.74) is -0.105. The van der Waals surface area contributed by atoms with Crippen LogP contribution in [0.5, 0.6) is 0 Å². The average molecular weight is 335 g/mol. The molecule has 0 spiro atoms. The van der Waals surface area contributed by atoms with Gasteiger partial charge in [0.15, 0.2) is 6.29 Å². The maximum absolute atomic E-state index is 12.6. The first kappa shape index (κ1) is 16.1. The topological polar surface area (TPSA) is 72.0 Å². The van der Waals surface area contributed by atoms with Crippen LogP contribution in [0.2, 0.25) is 0 Å². The molecule has 1 fully saturated rings. The Morgan fingerprint density at radius 1 is 1.21 bits per heavy atom. The number of carbonyl (C=O) groups is 2. The van der Waals surface area contributed by atoms with Crippen LogP contribution in [0.3, 0.4) is 0 Å². The molecule has 2 aromatic rings. The molecule has 24 heavy (non-hydrogen) atoms. The van der Waals surface area contributed by atoms with Crippen molar-refractivity contribution in [3.05, 3.63) is 41.9 Å². The molecule has 0 radical (unpaired) electrons. The van der Waals surface area contributed by atoms with Gasteiger partial charge in [0.1, 0.15) is 17.2 Å². The lowest BCUT2D eigenvalue weighted by molar-refractivity contribution is -0.141. The minimum atomic E-state index is -4.52. The number of alkyl halides is 3. The maximum Gasteiger partial charge on any atom is 0.433 e. The van der Waals surface area contributed by atoms with Gasteiger partial charge in [-0.25, -0.2) is 4.98 Å². The van der Waals surface area contributed by atoms with Crippen LogP contribution in [-0.4, -0.2) is 22.2 Å². The molecule has 0 aromatic carbocycles. The molecule has 1 amide bonds. The number of nitrogens with one attached hydrogen (secondary N) is 1. The van der Waals surface area contributed by atoms with E-state index in [0.717, 1.165) is 25.1 Å². The van der Waals surface area contributed by atoms with E-state index >= 15 is 0 Å². The second-order valence-electron chi connectivity index (χ2n) is 5.48. The number of halogens is 3. The van der Waals surface area contributed by atoms with E-state index in [1.165, 1.54) is 18.2 Å². The summed E-state index contributed by atoms with van der Waals surface area (Å²) in [6.07, 6.45) is -1.31. The second-order valence-corrected chi connectivity index (χ2v) is 5.48. The van der Waals surface area contributed by atoms with Crippen molar-refractivity contribution in [2.75, 3.05) is 5.32 Å². The van der Waals surface area contributed by atoms with Crippen molar-refractivity contribution in [3.63, 3.8) is 0 Å². The summed E-state index contributed by atoms with van der Waals surface area (Å²) in [7, 11) is 0. The molecule has 0 atom stereocenters. The van der Waals surface area contributed by atoms with Crippen LogP contribution in [0.25, 0.3) is 11.1 Å². The molecular weight excluding hydrogens is 323 g/mol. The lowest BCUT2D eigenvalue weighted by Crippen LogP contribution is -2.15. The largest absolute Gasteiger partial charge is 0.433 e. The molecule has 8 heteroatoms. The van der Waals surface area contributed by atoms with E-state index < -0.39 is 11.9 Å². The highest BCUT2D eigenvalue weighted by Crippen LogP contribution is 2.31. The molecule has 1 N–H and O–H groups in total. The Bertz CT molecular complexity index is 784. The first-order valence-electron chi connectivity index (χ1n) is 7.18. The van der Waals surface area contributed by atoms with Crippen molar-refractivity contribution in [2.45, 2.75) is 19.0 Å². The van der Waals surface area contributed by atoms with Crippen LogP contribution in [-0.2, 0) is 11.0 Å². The monoisotopic (exact) mass is 335 g/mol. The van der Waals surface area contributed by atoms with Gasteiger partial charge in [-0.05, 0) is 36.6 Å². The van der Waals surface area contributed by atoms with Crippen LogP contribution < -0.4 is 5.32 Å². The molecular formula is C16H12F3N3O2. The van der Waals surface area contributed by atoms with Crippen LogP contribution in [0.15, 0.2) is 30.5 Å². The quantitative estimate of drug-likeness (QED) is 0.870. The van der Waals surface area contributed by atoms with Gasteiger partial charge in [0.05, 0.1) is 0 Å². The summed E-state index contributed by atoms with van der Waals surface area (Å²) < 4.78 is 37.7. The number of amides is 1. The Hall–Kier alpha value is -2.77. The second kappa shape index (κ2) is 6.03. The van der Waals surface area contributed by atoms with Gasteiger partial charge in [-0.2, -0.15) is 13.2 Å².